The van der Waals surface area contributed by atoms with E-state index in [1.807, 2.05) is 0 Å². The van der Waals surface area contributed by atoms with E-state index in [0.717, 1.165) is 19.5 Å². The van der Waals surface area contributed by atoms with Crippen molar-refractivity contribution in [3.63, 3.8) is 0 Å². The topological polar surface area (TPSA) is 93.5 Å². The van der Waals surface area contributed by atoms with E-state index in [1.54, 1.807) is 12.1 Å². The summed E-state index contributed by atoms with van der Waals surface area (Å²) in [5, 5.41) is 16.4. The van der Waals surface area contributed by atoms with Gasteiger partial charge in [-0.25, -0.2) is 4.79 Å². The zero-order valence-electron chi connectivity index (χ0n) is 10.3. The van der Waals surface area contributed by atoms with E-state index in [2.05, 4.69) is 10.6 Å². The quantitative estimate of drug-likeness (QED) is 0.630. The standard InChI is InChI=1S/C12H15N3O4/c16-12(14-10-5-6-13-7-10)19-8-9-1-3-11(4-2-9)15(17)18/h1-4,10,13H,5-8H2,(H,14,16). The molecule has 1 amide bonds. The Bertz CT molecular complexity index is 455. The molecule has 1 saturated heterocycles. The van der Waals surface area contributed by atoms with Crippen LogP contribution in [0.5, 0.6) is 0 Å². The Morgan fingerprint density at radius 2 is 2.21 bits per heavy atom. The second-order valence-electron chi connectivity index (χ2n) is 4.33. The van der Waals surface area contributed by atoms with E-state index in [0.29, 0.717) is 5.56 Å². The van der Waals surface area contributed by atoms with Crippen LogP contribution >= 0.6 is 0 Å². The maximum atomic E-state index is 11.5. The summed E-state index contributed by atoms with van der Waals surface area (Å²) < 4.78 is 5.04. The van der Waals surface area contributed by atoms with E-state index in [1.165, 1.54) is 12.1 Å². The lowest BCUT2D eigenvalue weighted by molar-refractivity contribution is -0.384. The van der Waals surface area contributed by atoms with Crippen LogP contribution in [0.25, 0.3) is 0 Å². The Morgan fingerprint density at radius 3 is 2.79 bits per heavy atom. The van der Waals surface area contributed by atoms with Gasteiger partial charge in [-0.05, 0) is 30.7 Å². The van der Waals surface area contributed by atoms with Crippen LogP contribution in [-0.4, -0.2) is 30.1 Å². The Labute approximate surface area is 110 Å². The summed E-state index contributed by atoms with van der Waals surface area (Å²) in [6.07, 6.45) is 0.430. The smallest absolute Gasteiger partial charge is 0.407 e. The number of nitro groups is 1. The minimum Gasteiger partial charge on any atom is -0.445 e. The van der Waals surface area contributed by atoms with Crippen LogP contribution in [0.4, 0.5) is 10.5 Å². The number of benzene rings is 1. The molecule has 1 heterocycles. The van der Waals surface area contributed by atoms with Gasteiger partial charge in [0.1, 0.15) is 6.61 Å². The molecule has 0 saturated carbocycles. The van der Waals surface area contributed by atoms with Gasteiger partial charge in [0, 0.05) is 24.7 Å². The molecule has 1 aliphatic rings. The molecular formula is C12H15N3O4. The van der Waals surface area contributed by atoms with E-state index in [-0.39, 0.29) is 18.3 Å². The van der Waals surface area contributed by atoms with Crippen LogP contribution in [0.2, 0.25) is 0 Å². The van der Waals surface area contributed by atoms with Gasteiger partial charge in [0.05, 0.1) is 4.92 Å². The number of nitro benzene ring substituents is 1. The molecule has 0 aliphatic carbocycles. The first-order valence-electron chi connectivity index (χ1n) is 6.02. The summed E-state index contributed by atoms with van der Waals surface area (Å²) in [5.41, 5.74) is 0.732. The summed E-state index contributed by atoms with van der Waals surface area (Å²) in [7, 11) is 0. The minimum absolute atomic E-state index is 0.0187. The monoisotopic (exact) mass is 265 g/mol. The van der Waals surface area contributed by atoms with Gasteiger partial charge in [0.25, 0.3) is 5.69 Å². The molecule has 1 aromatic rings. The van der Waals surface area contributed by atoms with Crippen LogP contribution in [0.3, 0.4) is 0 Å². The number of non-ortho nitro benzene ring substituents is 1. The number of nitrogens with zero attached hydrogens (tertiary/aromatic N) is 1. The van der Waals surface area contributed by atoms with Crippen molar-refractivity contribution in [1.82, 2.24) is 10.6 Å². The number of amides is 1. The average molecular weight is 265 g/mol. The molecule has 0 radical (unpaired) electrons. The summed E-state index contributed by atoms with van der Waals surface area (Å²) in [6.45, 7) is 1.75. The molecule has 102 valence electrons. The van der Waals surface area contributed by atoms with Crippen LogP contribution < -0.4 is 10.6 Å². The van der Waals surface area contributed by atoms with Crippen molar-refractivity contribution in [2.45, 2.75) is 19.1 Å². The molecule has 1 unspecified atom stereocenters. The molecule has 7 nitrogen and oxygen atoms in total. The summed E-state index contributed by atoms with van der Waals surface area (Å²) in [5.74, 6) is 0. The molecule has 0 bridgehead atoms. The minimum atomic E-state index is -0.468. The van der Waals surface area contributed by atoms with Gasteiger partial charge in [-0.3, -0.25) is 10.1 Å². The molecule has 1 aromatic carbocycles. The fourth-order valence-corrected chi connectivity index (χ4v) is 1.85. The van der Waals surface area contributed by atoms with Crippen LogP contribution in [-0.2, 0) is 11.3 Å². The molecule has 0 aromatic heterocycles. The average Bonchev–Trinajstić information content (AvgIpc) is 2.89. The highest BCUT2D eigenvalue weighted by Gasteiger charge is 2.17. The number of ether oxygens (including phenoxy) is 1. The molecule has 7 heteroatoms. The van der Waals surface area contributed by atoms with E-state index < -0.39 is 11.0 Å². The van der Waals surface area contributed by atoms with Gasteiger partial charge < -0.3 is 15.4 Å². The fourth-order valence-electron chi connectivity index (χ4n) is 1.85. The summed E-state index contributed by atoms with van der Waals surface area (Å²) in [4.78, 5) is 21.5. The third-order valence-corrected chi connectivity index (χ3v) is 2.90. The first kappa shape index (κ1) is 13.3. The third kappa shape index (κ3) is 3.92. The number of carbonyl (C=O) groups is 1. The third-order valence-electron chi connectivity index (χ3n) is 2.90. The number of rotatable bonds is 4. The zero-order chi connectivity index (χ0) is 13.7. The Balaban J connectivity index is 1.77. The maximum Gasteiger partial charge on any atom is 0.407 e. The van der Waals surface area contributed by atoms with Gasteiger partial charge in [-0.1, -0.05) is 0 Å². The normalized spacial score (nSPS) is 18.0. The molecule has 1 fully saturated rings. The molecular weight excluding hydrogens is 250 g/mol. The van der Waals surface area contributed by atoms with Crippen LogP contribution in [0.1, 0.15) is 12.0 Å². The van der Waals surface area contributed by atoms with Gasteiger partial charge in [-0.2, -0.15) is 0 Å². The number of hydrogen-bond donors (Lipinski definition) is 2. The SMILES string of the molecule is O=C(NC1CCNC1)OCc1ccc([N+](=O)[O-])cc1. The van der Waals surface area contributed by atoms with Crippen molar-refractivity contribution in [2.75, 3.05) is 13.1 Å². The van der Waals surface area contributed by atoms with Gasteiger partial charge in [0.2, 0.25) is 0 Å². The van der Waals surface area contributed by atoms with Gasteiger partial charge in [0.15, 0.2) is 0 Å². The molecule has 0 spiro atoms. The first-order chi connectivity index (χ1) is 9.15. The number of carbonyl (C=O) groups excluding carboxylic acids is 1. The Hall–Kier alpha value is -2.15. The van der Waals surface area contributed by atoms with Crippen molar-refractivity contribution in [1.29, 1.82) is 0 Å². The largest absolute Gasteiger partial charge is 0.445 e. The highest BCUT2D eigenvalue weighted by atomic mass is 16.6. The Kier molecular flexibility index (Phi) is 4.30. The van der Waals surface area contributed by atoms with Crippen LogP contribution in [0.15, 0.2) is 24.3 Å². The second-order valence-corrected chi connectivity index (χ2v) is 4.33. The van der Waals surface area contributed by atoms with Gasteiger partial charge in [-0.15, -0.1) is 0 Å². The summed E-state index contributed by atoms with van der Waals surface area (Å²) >= 11 is 0. The van der Waals surface area contributed by atoms with Crippen molar-refractivity contribution >= 4 is 11.8 Å². The highest BCUT2D eigenvalue weighted by molar-refractivity contribution is 5.67. The molecule has 1 atom stereocenters. The Morgan fingerprint density at radius 1 is 1.47 bits per heavy atom. The summed E-state index contributed by atoms with van der Waals surface area (Å²) in [6, 6.07) is 6.03. The first-order valence-corrected chi connectivity index (χ1v) is 6.02. The predicted octanol–water partition coefficient (Wildman–Crippen LogP) is 1.18. The van der Waals surface area contributed by atoms with Crippen molar-refractivity contribution in [2.24, 2.45) is 0 Å². The van der Waals surface area contributed by atoms with Crippen LogP contribution in [0, 0.1) is 10.1 Å². The van der Waals surface area contributed by atoms with Crippen molar-refractivity contribution in [3.8, 4) is 0 Å². The lowest BCUT2D eigenvalue weighted by atomic mass is 10.2. The number of alkyl carbamates (subject to hydrolysis) is 1. The molecule has 1 aliphatic heterocycles. The predicted molar refractivity (Wildman–Crippen MR) is 67.7 cm³/mol. The van der Waals surface area contributed by atoms with Gasteiger partial charge >= 0.3 is 6.09 Å². The van der Waals surface area contributed by atoms with Crippen molar-refractivity contribution < 1.29 is 14.5 Å². The lowest BCUT2D eigenvalue weighted by Crippen LogP contribution is -2.36. The van der Waals surface area contributed by atoms with E-state index in [4.69, 9.17) is 4.74 Å². The van der Waals surface area contributed by atoms with Crippen molar-refractivity contribution in [3.05, 3.63) is 39.9 Å². The lowest BCUT2D eigenvalue weighted by Gasteiger charge is -2.11. The zero-order valence-corrected chi connectivity index (χ0v) is 10.3. The number of hydrogen-bond acceptors (Lipinski definition) is 5. The second kappa shape index (κ2) is 6.14. The highest BCUT2D eigenvalue weighted by Crippen LogP contribution is 2.12. The molecule has 2 N–H and O–H groups in total. The fraction of sp³-hybridized carbons (Fsp3) is 0.417. The maximum absolute atomic E-state index is 11.5. The van der Waals surface area contributed by atoms with E-state index in [9.17, 15) is 14.9 Å². The van der Waals surface area contributed by atoms with E-state index >= 15 is 0 Å². The number of nitrogens with one attached hydrogen (secondary N) is 2. The molecule has 19 heavy (non-hydrogen) atoms. The molecule has 2 rings (SSSR count).